The molecule has 6 nitrogen and oxygen atoms in total. The van der Waals surface area contributed by atoms with E-state index in [-0.39, 0.29) is 5.56 Å². The summed E-state index contributed by atoms with van der Waals surface area (Å²) in [5.74, 6) is -2.76. The molecule has 0 fully saturated rings. The average molecular weight is 446 g/mol. The molecular formula is C20H25F3N2O4S. The topological polar surface area (TPSA) is 80.6 Å². The minimum absolute atomic E-state index is 0.0845. The van der Waals surface area contributed by atoms with Crippen molar-refractivity contribution in [2.45, 2.75) is 51.5 Å². The number of nitrogens with one attached hydrogen (secondary N) is 1. The van der Waals surface area contributed by atoms with Crippen LogP contribution in [0.25, 0.3) is 0 Å². The monoisotopic (exact) mass is 446 g/mol. The van der Waals surface area contributed by atoms with Crippen LogP contribution in [0.1, 0.15) is 27.4 Å². The molecule has 0 radical (unpaired) electrons. The second kappa shape index (κ2) is 10.7. The van der Waals surface area contributed by atoms with E-state index in [1.165, 1.54) is 21.0 Å². The van der Waals surface area contributed by atoms with Crippen molar-refractivity contribution in [1.82, 2.24) is 9.88 Å². The Balaban J connectivity index is 0.000000396. The van der Waals surface area contributed by atoms with Gasteiger partial charge in [0.25, 0.3) is 5.56 Å². The van der Waals surface area contributed by atoms with Gasteiger partial charge < -0.3 is 19.7 Å². The number of aliphatic carboxylic acids is 1. The molecular weight excluding hydrogens is 421 g/mol. The number of carboxylic acids is 1. The van der Waals surface area contributed by atoms with Crippen molar-refractivity contribution in [3.05, 3.63) is 55.6 Å². The van der Waals surface area contributed by atoms with Crippen molar-refractivity contribution in [2.75, 3.05) is 13.7 Å². The fraction of sp³-hybridized carbons (Fsp3) is 0.500. The van der Waals surface area contributed by atoms with E-state index in [4.69, 9.17) is 14.6 Å². The molecule has 1 atom stereocenters. The second-order valence-electron chi connectivity index (χ2n) is 6.92. The van der Waals surface area contributed by atoms with E-state index in [0.29, 0.717) is 19.2 Å². The minimum atomic E-state index is -5.08. The molecule has 166 valence electrons. The molecule has 10 heteroatoms. The molecule has 1 unspecified atom stereocenters. The quantitative estimate of drug-likeness (QED) is 0.713. The van der Waals surface area contributed by atoms with Crippen molar-refractivity contribution >= 4 is 17.3 Å². The highest BCUT2D eigenvalue weighted by molar-refractivity contribution is 7.11. The van der Waals surface area contributed by atoms with Crippen LogP contribution in [0.3, 0.4) is 0 Å². The van der Waals surface area contributed by atoms with Gasteiger partial charge in [-0.15, -0.1) is 11.3 Å². The lowest BCUT2D eigenvalue weighted by atomic mass is 9.91. The number of ether oxygens (including phenoxy) is 1. The molecule has 0 aromatic carbocycles. The van der Waals surface area contributed by atoms with Crippen LogP contribution < -0.4 is 10.9 Å². The van der Waals surface area contributed by atoms with E-state index < -0.39 is 12.1 Å². The number of rotatable bonds is 6. The molecule has 30 heavy (non-hydrogen) atoms. The Bertz CT molecular complexity index is 908. The van der Waals surface area contributed by atoms with Gasteiger partial charge in [0, 0.05) is 47.8 Å². The number of aryl methyl sites for hydroxylation is 1. The zero-order valence-corrected chi connectivity index (χ0v) is 17.6. The zero-order chi connectivity index (χ0) is 22.3. The Labute approximate surface area is 176 Å². The molecule has 2 aromatic rings. The van der Waals surface area contributed by atoms with E-state index >= 15 is 0 Å². The van der Waals surface area contributed by atoms with Crippen LogP contribution >= 0.6 is 11.3 Å². The van der Waals surface area contributed by atoms with Crippen molar-refractivity contribution in [1.29, 1.82) is 0 Å². The van der Waals surface area contributed by atoms with Gasteiger partial charge in [0.15, 0.2) is 0 Å². The number of alkyl halides is 3. The third-order valence-electron chi connectivity index (χ3n) is 4.71. The van der Waals surface area contributed by atoms with E-state index in [2.05, 4.69) is 24.4 Å². The molecule has 0 spiro atoms. The largest absolute Gasteiger partial charge is 0.490 e. The van der Waals surface area contributed by atoms with Gasteiger partial charge in [-0.3, -0.25) is 4.79 Å². The lowest BCUT2D eigenvalue weighted by Gasteiger charge is -2.27. The summed E-state index contributed by atoms with van der Waals surface area (Å²) in [6.45, 7) is 4.30. The summed E-state index contributed by atoms with van der Waals surface area (Å²) in [6.07, 6.45) is -2.06. The summed E-state index contributed by atoms with van der Waals surface area (Å²) in [6, 6.07) is 8.56. The Morgan fingerprint density at radius 2 is 2.03 bits per heavy atom. The molecule has 1 aliphatic rings. The third kappa shape index (κ3) is 6.96. The Morgan fingerprint density at radius 3 is 2.60 bits per heavy atom. The molecule has 2 aromatic heterocycles. The van der Waals surface area contributed by atoms with Crippen LogP contribution in [-0.2, 0) is 35.5 Å². The summed E-state index contributed by atoms with van der Waals surface area (Å²) in [5.41, 5.74) is 2.58. The molecule has 0 saturated carbocycles. The van der Waals surface area contributed by atoms with Crippen molar-refractivity contribution in [2.24, 2.45) is 0 Å². The number of aromatic nitrogens is 1. The van der Waals surface area contributed by atoms with Crippen LogP contribution in [0.5, 0.6) is 0 Å². The van der Waals surface area contributed by atoms with Gasteiger partial charge >= 0.3 is 12.1 Å². The van der Waals surface area contributed by atoms with Crippen molar-refractivity contribution in [3.8, 4) is 0 Å². The first-order valence-electron chi connectivity index (χ1n) is 9.41. The fourth-order valence-electron chi connectivity index (χ4n) is 3.25. The number of pyridine rings is 1. The van der Waals surface area contributed by atoms with Crippen LogP contribution in [0.2, 0.25) is 0 Å². The summed E-state index contributed by atoms with van der Waals surface area (Å²) >= 11 is 1.85. The third-order valence-corrected chi connectivity index (χ3v) is 5.71. The maximum atomic E-state index is 12.1. The number of fused-ring (bicyclic) bond motifs is 1. The number of carbonyl (C=O) groups is 1. The molecule has 0 aliphatic heterocycles. The van der Waals surface area contributed by atoms with Crippen LogP contribution in [0.15, 0.2) is 29.1 Å². The first-order chi connectivity index (χ1) is 14.1. The first kappa shape index (κ1) is 24.1. The number of thiophene rings is 1. The lowest BCUT2D eigenvalue weighted by Crippen LogP contribution is -2.37. The average Bonchev–Trinajstić information content (AvgIpc) is 3.10. The standard InChI is InChI=1S/C18H24N2O2S.C2HF3O2/c1-13-3-6-16(23-13)12-19-15-5-7-17-14(11-15)4-8-18(21)20(17)9-10-22-2;3-2(4,5)1(6)7/h3-4,6,8,15,19H,5,7,9-12H2,1-2H3;(H,6,7). The summed E-state index contributed by atoms with van der Waals surface area (Å²) in [7, 11) is 1.67. The summed E-state index contributed by atoms with van der Waals surface area (Å²) < 4.78 is 38.8. The highest BCUT2D eigenvalue weighted by atomic mass is 32.1. The number of hydrogen-bond acceptors (Lipinski definition) is 5. The van der Waals surface area contributed by atoms with Gasteiger partial charge in [0.1, 0.15) is 0 Å². The van der Waals surface area contributed by atoms with E-state index in [0.717, 1.165) is 25.8 Å². The van der Waals surface area contributed by atoms with Gasteiger partial charge in [-0.2, -0.15) is 13.2 Å². The number of methoxy groups -OCH3 is 1. The highest BCUT2D eigenvalue weighted by Crippen LogP contribution is 2.21. The molecule has 0 saturated heterocycles. The van der Waals surface area contributed by atoms with Gasteiger partial charge in [-0.05, 0) is 43.9 Å². The van der Waals surface area contributed by atoms with Crippen LogP contribution in [0, 0.1) is 6.92 Å². The second-order valence-corrected chi connectivity index (χ2v) is 8.30. The predicted molar refractivity (Wildman–Crippen MR) is 108 cm³/mol. The van der Waals surface area contributed by atoms with Gasteiger partial charge in [0.05, 0.1) is 6.61 Å². The SMILES string of the molecule is COCCn1c2c(ccc1=O)CC(NCc1ccc(C)s1)CC2.O=C(O)C(F)(F)F. The number of nitrogens with zero attached hydrogens (tertiary/aromatic N) is 1. The maximum absolute atomic E-state index is 12.1. The van der Waals surface area contributed by atoms with Crippen molar-refractivity contribution in [3.63, 3.8) is 0 Å². The Morgan fingerprint density at radius 1 is 1.33 bits per heavy atom. The summed E-state index contributed by atoms with van der Waals surface area (Å²) in [5, 5.41) is 10.8. The minimum Gasteiger partial charge on any atom is -0.475 e. The van der Waals surface area contributed by atoms with E-state index in [1.54, 1.807) is 13.2 Å². The summed E-state index contributed by atoms with van der Waals surface area (Å²) in [4.78, 5) is 23.7. The lowest BCUT2D eigenvalue weighted by molar-refractivity contribution is -0.192. The van der Waals surface area contributed by atoms with Crippen molar-refractivity contribution < 1.29 is 27.8 Å². The molecule has 0 amide bonds. The number of halogens is 3. The highest BCUT2D eigenvalue weighted by Gasteiger charge is 2.38. The Hall–Kier alpha value is -2.17. The predicted octanol–water partition coefficient (Wildman–Crippen LogP) is 3.15. The molecule has 0 bridgehead atoms. The smallest absolute Gasteiger partial charge is 0.475 e. The fourth-order valence-corrected chi connectivity index (χ4v) is 4.09. The van der Waals surface area contributed by atoms with Gasteiger partial charge in [-0.1, -0.05) is 6.07 Å². The molecule has 2 heterocycles. The first-order valence-corrected chi connectivity index (χ1v) is 10.2. The van der Waals surface area contributed by atoms with E-state index in [9.17, 15) is 18.0 Å². The van der Waals surface area contributed by atoms with Gasteiger partial charge in [-0.25, -0.2) is 4.79 Å². The maximum Gasteiger partial charge on any atom is 0.490 e. The Kier molecular flexibility index (Phi) is 8.63. The van der Waals surface area contributed by atoms with Crippen LogP contribution in [-0.4, -0.2) is 41.6 Å². The number of hydrogen-bond donors (Lipinski definition) is 2. The molecule has 1 aliphatic carbocycles. The molecule has 2 N–H and O–H groups in total. The molecule has 3 rings (SSSR count). The number of carboxylic acid groups (broad SMARTS) is 1. The normalized spacial score (nSPS) is 15.8. The zero-order valence-electron chi connectivity index (χ0n) is 16.8. The van der Waals surface area contributed by atoms with Gasteiger partial charge in [0.2, 0.25) is 0 Å². The van der Waals surface area contributed by atoms with E-state index in [1.807, 2.05) is 22.0 Å². The van der Waals surface area contributed by atoms with Crippen LogP contribution in [0.4, 0.5) is 13.2 Å².